The van der Waals surface area contributed by atoms with Gasteiger partial charge in [-0.1, -0.05) is 36.4 Å². The highest BCUT2D eigenvalue weighted by Gasteiger charge is 2.48. The molecule has 3 aromatic rings. The zero-order valence-corrected chi connectivity index (χ0v) is 14.4. The zero-order chi connectivity index (χ0) is 17.8. The molecule has 2 aromatic carbocycles. The van der Waals surface area contributed by atoms with E-state index in [1.807, 2.05) is 48.5 Å². The first-order valence-electron chi connectivity index (χ1n) is 8.41. The van der Waals surface area contributed by atoms with Crippen molar-refractivity contribution in [3.63, 3.8) is 0 Å². The number of benzene rings is 2. The van der Waals surface area contributed by atoms with E-state index in [1.54, 1.807) is 25.3 Å². The maximum absolute atomic E-state index is 12.8. The summed E-state index contributed by atoms with van der Waals surface area (Å²) in [5, 5.41) is 11.4. The highest BCUT2D eigenvalue weighted by molar-refractivity contribution is 5.88. The van der Waals surface area contributed by atoms with Crippen molar-refractivity contribution in [2.24, 2.45) is 0 Å². The third kappa shape index (κ3) is 2.27. The van der Waals surface area contributed by atoms with Gasteiger partial charge in [-0.3, -0.25) is 9.36 Å². The molecule has 5 nitrogen and oxygen atoms in total. The molecule has 0 saturated carbocycles. The van der Waals surface area contributed by atoms with Gasteiger partial charge in [-0.05, 0) is 38.5 Å². The van der Waals surface area contributed by atoms with Crippen LogP contribution in [0.1, 0.15) is 32.3 Å². The second-order valence-corrected chi connectivity index (χ2v) is 6.86. The largest absolute Gasteiger partial charge is 0.462 e. The minimum Gasteiger partial charge on any atom is -0.462 e. The van der Waals surface area contributed by atoms with E-state index in [1.165, 1.54) is 0 Å². The van der Waals surface area contributed by atoms with Gasteiger partial charge in [0.05, 0.1) is 17.1 Å². The molecule has 1 aliphatic heterocycles. The normalized spacial score (nSPS) is 21.9. The van der Waals surface area contributed by atoms with Gasteiger partial charge in [0.1, 0.15) is 11.7 Å². The van der Waals surface area contributed by atoms with Crippen LogP contribution in [0.4, 0.5) is 0 Å². The predicted octanol–water partition coefficient (Wildman–Crippen LogP) is 3.42. The Balaban J connectivity index is 2.02. The lowest BCUT2D eigenvalue weighted by atomic mass is 9.82. The molecule has 0 bridgehead atoms. The number of ether oxygens (including phenoxy) is 1. The van der Waals surface area contributed by atoms with Crippen LogP contribution in [0.3, 0.4) is 0 Å². The highest BCUT2D eigenvalue weighted by atomic mass is 16.5. The number of esters is 1. The fourth-order valence-corrected chi connectivity index (χ4v) is 3.69. The Hall–Kier alpha value is -2.66. The van der Waals surface area contributed by atoms with Crippen molar-refractivity contribution in [2.45, 2.75) is 38.5 Å². The van der Waals surface area contributed by atoms with Crippen LogP contribution in [0.25, 0.3) is 22.4 Å². The first-order chi connectivity index (χ1) is 11.9. The van der Waals surface area contributed by atoms with Gasteiger partial charge in [0.15, 0.2) is 5.72 Å². The van der Waals surface area contributed by atoms with E-state index < -0.39 is 17.6 Å². The first kappa shape index (κ1) is 15.8. The molecule has 4 rings (SSSR count). The molecule has 0 spiro atoms. The molecule has 0 amide bonds. The fraction of sp³-hybridized carbons (Fsp3) is 0.300. The average Bonchev–Trinajstić information content (AvgIpc) is 2.94. The molecule has 0 radical (unpaired) electrons. The van der Waals surface area contributed by atoms with Crippen LogP contribution in [-0.4, -0.2) is 26.7 Å². The molecule has 25 heavy (non-hydrogen) atoms. The predicted molar refractivity (Wildman–Crippen MR) is 95.0 cm³/mol. The van der Waals surface area contributed by atoms with Crippen molar-refractivity contribution in [1.82, 2.24) is 9.55 Å². The van der Waals surface area contributed by atoms with Crippen LogP contribution < -0.4 is 0 Å². The SMILES string of the molecule is CC(C)OC(=O)[C@@H]1c2ccccc2-c2nc3ccccc3n2[C@]1(C)O. The van der Waals surface area contributed by atoms with Crippen LogP contribution in [0.5, 0.6) is 0 Å². The number of hydrogen-bond acceptors (Lipinski definition) is 4. The monoisotopic (exact) mass is 336 g/mol. The van der Waals surface area contributed by atoms with E-state index in [2.05, 4.69) is 0 Å². The van der Waals surface area contributed by atoms with Gasteiger partial charge in [-0.15, -0.1) is 0 Å². The number of fused-ring (bicyclic) bond motifs is 5. The molecule has 0 unspecified atom stereocenters. The molecule has 1 aromatic heterocycles. The summed E-state index contributed by atoms with van der Waals surface area (Å²) >= 11 is 0. The average molecular weight is 336 g/mol. The van der Waals surface area contributed by atoms with Crippen LogP contribution in [-0.2, 0) is 15.3 Å². The highest BCUT2D eigenvalue weighted by Crippen LogP contribution is 2.46. The number of carbonyl (C=O) groups is 1. The van der Waals surface area contributed by atoms with Gasteiger partial charge in [0, 0.05) is 5.56 Å². The van der Waals surface area contributed by atoms with Gasteiger partial charge < -0.3 is 9.84 Å². The minimum atomic E-state index is -1.48. The summed E-state index contributed by atoms with van der Waals surface area (Å²) in [5.74, 6) is -0.595. The van der Waals surface area contributed by atoms with Gasteiger partial charge in [0.2, 0.25) is 0 Å². The number of aliphatic hydroxyl groups is 1. The summed E-state index contributed by atoms with van der Waals surface area (Å²) in [6.07, 6.45) is -0.253. The van der Waals surface area contributed by atoms with E-state index >= 15 is 0 Å². The molecular formula is C20H20N2O3. The molecule has 0 aliphatic carbocycles. The number of para-hydroxylation sites is 2. The fourth-order valence-electron chi connectivity index (χ4n) is 3.69. The molecule has 128 valence electrons. The Bertz CT molecular complexity index is 972. The van der Waals surface area contributed by atoms with Crippen LogP contribution >= 0.6 is 0 Å². The summed E-state index contributed by atoms with van der Waals surface area (Å²) in [4.78, 5) is 17.5. The van der Waals surface area contributed by atoms with Crippen LogP contribution in [0.2, 0.25) is 0 Å². The van der Waals surface area contributed by atoms with Gasteiger partial charge in [-0.25, -0.2) is 4.98 Å². The summed E-state index contributed by atoms with van der Waals surface area (Å²) in [6.45, 7) is 5.26. The van der Waals surface area contributed by atoms with Crippen molar-refractivity contribution in [3.05, 3.63) is 54.1 Å². The van der Waals surface area contributed by atoms with E-state index in [9.17, 15) is 9.90 Å². The molecule has 0 fully saturated rings. The van der Waals surface area contributed by atoms with E-state index in [-0.39, 0.29) is 6.10 Å². The van der Waals surface area contributed by atoms with Gasteiger partial charge in [-0.2, -0.15) is 0 Å². The molecular weight excluding hydrogens is 316 g/mol. The van der Waals surface area contributed by atoms with E-state index in [0.29, 0.717) is 5.82 Å². The maximum Gasteiger partial charge on any atom is 0.318 e. The van der Waals surface area contributed by atoms with Crippen molar-refractivity contribution >= 4 is 17.0 Å². The second-order valence-electron chi connectivity index (χ2n) is 6.86. The Kier molecular flexibility index (Phi) is 3.44. The summed E-state index contributed by atoms with van der Waals surface area (Å²) in [7, 11) is 0. The number of hydrogen-bond donors (Lipinski definition) is 1. The smallest absolute Gasteiger partial charge is 0.318 e. The number of carbonyl (C=O) groups excluding carboxylic acids is 1. The molecule has 1 N–H and O–H groups in total. The minimum absolute atomic E-state index is 0.253. The summed E-state index contributed by atoms with van der Waals surface area (Å²) in [5.41, 5.74) is 1.67. The Labute approximate surface area is 145 Å². The second kappa shape index (κ2) is 5.43. The Morgan fingerprint density at radius 3 is 2.64 bits per heavy atom. The molecule has 2 atom stereocenters. The first-order valence-corrected chi connectivity index (χ1v) is 8.41. The van der Waals surface area contributed by atoms with Crippen molar-refractivity contribution < 1.29 is 14.6 Å². The standard InChI is InChI=1S/C20H20N2O3/c1-12(2)25-19(23)17-13-8-4-5-9-14(13)18-21-15-10-6-7-11-16(15)22(18)20(17,3)24/h4-12,17,24H,1-3H3/t17-,20+/m0/s1. The third-order valence-electron chi connectivity index (χ3n) is 4.66. The molecule has 2 heterocycles. The van der Waals surface area contributed by atoms with Crippen LogP contribution in [0, 0.1) is 0 Å². The third-order valence-corrected chi connectivity index (χ3v) is 4.66. The Morgan fingerprint density at radius 2 is 1.88 bits per heavy atom. The lowest BCUT2D eigenvalue weighted by molar-refractivity contribution is -0.161. The van der Waals surface area contributed by atoms with Crippen molar-refractivity contribution in [3.8, 4) is 11.4 Å². The summed E-state index contributed by atoms with van der Waals surface area (Å²) < 4.78 is 7.20. The quantitative estimate of drug-likeness (QED) is 0.728. The van der Waals surface area contributed by atoms with Gasteiger partial charge in [0.25, 0.3) is 0 Å². The number of imidazole rings is 1. The molecule has 0 saturated heterocycles. The Morgan fingerprint density at radius 1 is 1.20 bits per heavy atom. The lowest BCUT2D eigenvalue weighted by Gasteiger charge is -2.39. The topological polar surface area (TPSA) is 64.3 Å². The van der Waals surface area contributed by atoms with Crippen molar-refractivity contribution in [1.29, 1.82) is 0 Å². The van der Waals surface area contributed by atoms with Crippen LogP contribution in [0.15, 0.2) is 48.5 Å². The molecule has 1 aliphatic rings. The molecule has 5 heteroatoms. The number of nitrogens with zero attached hydrogens (tertiary/aromatic N) is 2. The maximum atomic E-state index is 12.8. The van der Waals surface area contributed by atoms with E-state index in [0.717, 1.165) is 22.2 Å². The van der Waals surface area contributed by atoms with Gasteiger partial charge >= 0.3 is 5.97 Å². The van der Waals surface area contributed by atoms with Crippen molar-refractivity contribution in [2.75, 3.05) is 0 Å². The zero-order valence-electron chi connectivity index (χ0n) is 14.4. The summed E-state index contributed by atoms with van der Waals surface area (Å²) in [6, 6.07) is 15.2. The lowest BCUT2D eigenvalue weighted by Crippen LogP contribution is -2.45. The van der Waals surface area contributed by atoms with E-state index in [4.69, 9.17) is 9.72 Å². The number of rotatable bonds is 2. The number of aromatic nitrogens is 2.